The Bertz CT molecular complexity index is 1060. The lowest BCUT2D eigenvalue weighted by atomic mass is 9.91. The summed E-state index contributed by atoms with van der Waals surface area (Å²) in [5.74, 6) is 1.93. The maximum Gasteiger partial charge on any atom is 0.157 e. The monoisotopic (exact) mass is 390 g/mol. The van der Waals surface area contributed by atoms with Crippen LogP contribution in [0.2, 0.25) is 0 Å². The fraction of sp³-hybridized carbons (Fsp3) is 0.520. The molecule has 4 rings (SSSR count). The van der Waals surface area contributed by atoms with E-state index in [2.05, 4.69) is 76.1 Å². The van der Waals surface area contributed by atoms with Crippen molar-refractivity contribution >= 4 is 17.2 Å². The van der Waals surface area contributed by atoms with Crippen LogP contribution in [0, 0.1) is 33.6 Å². The molecule has 4 heteroatoms. The molecule has 0 saturated carbocycles. The van der Waals surface area contributed by atoms with E-state index in [-0.39, 0.29) is 0 Å². The Hall–Kier alpha value is -2.36. The lowest BCUT2D eigenvalue weighted by Gasteiger charge is -2.30. The Morgan fingerprint density at radius 1 is 1.07 bits per heavy atom. The average Bonchev–Trinajstić information content (AvgIpc) is 3.19. The van der Waals surface area contributed by atoms with Crippen molar-refractivity contribution in [3.8, 4) is 0 Å². The van der Waals surface area contributed by atoms with Gasteiger partial charge in [0.15, 0.2) is 5.65 Å². The highest BCUT2D eigenvalue weighted by Gasteiger charge is 2.34. The van der Waals surface area contributed by atoms with Crippen LogP contribution in [0.1, 0.15) is 67.3 Å². The van der Waals surface area contributed by atoms with E-state index in [9.17, 15) is 0 Å². The fourth-order valence-electron chi connectivity index (χ4n) is 5.10. The molecule has 3 heterocycles. The molecular formula is C25H34N4. The zero-order chi connectivity index (χ0) is 20.9. The summed E-state index contributed by atoms with van der Waals surface area (Å²) in [5.41, 5.74) is 10.0. The molecule has 0 bridgehead atoms. The second-order valence-corrected chi connectivity index (χ2v) is 8.95. The first-order chi connectivity index (χ1) is 13.8. The SMILES string of the molecule is CCC(CC)Cc1cc(C)cc(C)c1N1c2c(c(C)nc3cc(C)nn23)CC1C. The van der Waals surface area contributed by atoms with Crippen LogP contribution in [-0.2, 0) is 12.8 Å². The second-order valence-electron chi connectivity index (χ2n) is 8.95. The van der Waals surface area contributed by atoms with Crippen LogP contribution in [0.5, 0.6) is 0 Å². The van der Waals surface area contributed by atoms with E-state index in [1.165, 1.54) is 46.6 Å². The lowest BCUT2D eigenvalue weighted by molar-refractivity contribution is 0.490. The molecule has 1 unspecified atom stereocenters. The van der Waals surface area contributed by atoms with Crippen LogP contribution >= 0.6 is 0 Å². The van der Waals surface area contributed by atoms with Crippen LogP contribution in [0.25, 0.3) is 5.65 Å². The molecule has 4 nitrogen and oxygen atoms in total. The van der Waals surface area contributed by atoms with Gasteiger partial charge in [-0.3, -0.25) is 0 Å². The molecule has 0 amide bonds. The van der Waals surface area contributed by atoms with Crippen molar-refractivity contribution in [2.75, 3.05) is 4.90 Å². The van der Waals surface area contributed by atoms with Gasteiger partial charge in [0, 0.05) is 29.1 Å². The summed E-state index contributed by atoms with van der Waals surface area (Å²) >= 11 is 0. The molecule has 2 aromatic heterocycles. The number of anilines is 2. The van der Waals surface area contributed by atoms with Crippen molar-refractivity contribution in [1.82, 2.24) is 14.6 Å². The van der Waals surface area contributed by atoms with Gasteiger partial charge in [-0.1, -0.05) is 44.4 Å². The minimum absolute atomic E-state index is 0.391. The molecule has 1 aliphatic heterocycles. The zero-order valence-electron chi connectivity index (χ0n) is 19.0. The Balaban J connectivity index is 1.95. The molecule has 0 saturated heterocycles. The molecule has 1 aliphatic rings. The highest BCUT2D eigenvalue weighted by atomic mass is 15.4. The normalized spacial score (nSPS) is 16.3. The van der Waals surface area contributed by atoms with Crippen molar-refractivity contribution in [2.24, 2.45) is 5.92 Å². The number of aryl methyl sites for hydroxylation is 4. The van der Waals surface area contributed by atoms with Crippen molar-refractivity contribution in [1.29, 1.82) is 0 Å². The summed E-state index contributed by atoms with van der Waals surface area (Å²) in [6.45, 7) is 15.6. The summed E-state index contributed by atoms with van der Waals surface area (Å²) in [6, 6.07) is 7.21. The van der Waals surface area contributed by atoms with Crippen molar-refractivity contribution < 1.29 is 0 Å². The molecule has 3 aromatic rings. The number of fused-ring (bicyclic) bond motifs is 3. The molecule has 1 aromatic carbocycles. The number of rotatable bonds is 5. The summed E-state index contributed by atoms with van der Waals surface area (Å²) in [4.78, 5) is 7.39. The predicted molar refractivity (Wildman–Crippen MR) is 121 cm³/mol. The van der Waals surface area contributed by atoms with Gasteiger partial charge in [0.25, 0.3) is 0 Å². The second kappa shape index (κ2) is 7.47. The Kier molecular flexibility index (Phi) is 5.14. The predicted octanol–water partition coefficient (Wildman–Crippen LogP) is 6.02. The molecule has 154 valence electrons. The molecule has 0 radical (unpaired) electrons. The van der Waals surface area contributed by atoms with Gasteiger partial charge < -0.3 is 4.90 Å². The van der Waals surface area contributed by atoms with E-state index >= 15 is 0 Å². The Labute approximate surface area is 175 Å². The molecule has 0 spiro atoms. The van der Waals surface area contributed by atoms with Gasteiger partial charge in [-0.15, -0.1) is 0 Å². The van der Waals surface area contributed by atoms with Crippen LogP contribution in [0.15, 0.2) is 18.2 Å². The lowest BCUT2D eigenvalue weighted by Crippen LogP contribution is -2.28. The molecule has 0 aliphatic carbocycles. The van der Waals surface area contributed by atoms with E-state index in [4.69, 9.17) is 10.1 Å². The fourth-order valence-corrected chi connectivity index (χ4v) is 5.10. The smallest absolute Gasteiger partial charge is 0.157 e. The first-order valence-electron chi connectivity index (χ1n) is 11.1. The summed E-state index contributed by atoms with van der Waals surface area (Å²) < 4.78 is 2.07. The first kappa shape index (κ1) is 19.9. The maximum absolute atomic E-state index is 4.84. The number of nitrogens with zero attached hydrogens (tertiary/aromatic N) is 4. The molecule has 0 N–H and O–H groups in total. The van der Waals surface area contributed by atoms with E-state index in [0.29, 0.717) is 6.04 Å². The van der Waals surface area contributed by atoms with E-state index in [1.54, 1.807) is 0 Å². The van der Waals surface area contributed by atoms with Crippen LogP contribution in [0.3, 0.4) is 0 Å². The maximum atomic E-state index is 4.84. The zero-order valence-corrected chi connectivity index (χ0v) is 19.0. The van der Waals surface area contributed by atoms with E-state index in [1.807, 2.05) is 0 Å². The third-order valence-electron chi connectivity index (χ3n) is 6.60. The minimum atomic E-state index is 0.391. The standard InChI is InChI=1S/C25H34N4/c1-8-20(9-2)14-21-11-15(3)10-16(4)24(21)28-18(6)13-22-19(7)26-23-12-17(5)27-29(23)25(22)28/h10-12,18,20H,8-9,13-14H2,1-7H3. The third kappa shape index (κ3) is 3.33. The van der Waals surface area contributed by atoms with Gasteiger partial charge in [-0.25, -0.2) is 4.98 Å². The topological polar surface area (TPSA) is 33.4 Å². The van der Waals surface area contributed by atoms with Gasteiger partial charge >= 0.3 is 0 Å². The summed E-state index contributed by atoms with van der Waals surface area (Å²) in [7, 11) is 0. The Morgan fingerprint density at radius 3 is 2.48 bits per heavy atom. The van der Waals surface area contributed by atoms with Gasteiger partial charge in [-0.05, 0) is 64.5 Å². The Morgan fingerprint density at radius 2 is 1.79 bits per heavy atom. The number of hydrogen-bond donors (Lipinski definition) is 0. The van der Waals surface area contributed by atoms with Crippen LogP contribution in [-0.4, -0.2) is 20.6 Å². The van der Waals surface area contributed by atoms with Crippen LogP contribution in [0.4, 0.5) is 11.5 Å². The number of hydrogen-bond acceptors (Lipinski definition) is 3. The van der Waals surface area contributed by atoms with Gasteiger partial charge in [0.2, 0.25) is 0 Å². The largest absolute Gasteiger partial charge is 0.322 e. The molecule has 1 atom stereocenters. The van der Waals surface area contributed by atoms with Gasteiger partial charge in [-0.2, -0.15) is 9.61 Å². The average molecular weight is 391 g/mol. The molecule has 0 fully saturated rings. The van der Waals surface area contributed by atoms with Crippen LogP contribution < -0.4 is 4.90 Å². The highest BCUT2D eigenvalue weighted by molar-refractivity contribution is 5.76. The summed E-state index contributed by atoms with van der Waals surface area (Å²) in [6.07, 6.45) is 4.59. The van der Waals surface area contributed by atoms with Crippen molar-refractivity contribution in [3.63, 3.8) is 0 Å². The molecular weight excluding hydrogens is 356 g/mol. The van der Waals surface area contributed by atoms with Crippen molar-refractivity contribution in [2.45, 2.75) is 80.2 Å². The van der Waals surface area contributed by atoms with Gasteiger partial charge in [0.1, 0.15) is 5.82 Å². The number of benzene rings is 1. The van der Waals surface area contributed by atoms with Crippen molar-refractivity contribution in [3.05, 3.63) is 51.8 Å². The van der Waals surface area contributed by atoms with Gasteiger partial charge in [0.05, 0.1) is 5.69 Å². The van der Waals surface area contributed by atoms with E-state index in [0.717, 1.165) is 35.8 Å². The highest BCUT2D eigenvalue weighted by Crippen LogP contribution is 2.43. The number of aromatic nitrogens is 3. The quantitative estimate of drug-likeness (QED) is 0.534. The third-order valence-corrected chi connectivity index (χ3v) is 6.60. The summed E-state index contributed by atoms with van der Waals surface area (Å²) in [5, 5.41) is 4.82. The molecule has 29 heavy (non-hydrogen) atoms. The van der Waals surface area contributed by atoms with E-state index < -0.39 is 0 Å². The first-order valence-corrected chi connectivity index (χ1v) is 11.1. The minimum Gasteiger partial charge on any atom is -0.322 e.